The average molecular weight is 278 g/mol. The Morgan fingerprint density at radius 1 is 1.45 bits per heavy atom. The van der Waals surface area contributed by atoms with Gasteiger partial charge in [0.1, 0.15) is 0 Å². The van der Waals surface area contributed by atoms with E-state index in [1.54, 1.807) is 13.3 Å². The minimum absolute atomic E-state index is 0.0207. The Bertz CT molecular complexity index is 433. The molecule has 1 aliphatic rings. The van der Waals surface area contributed by atoms with E-state index in [0.717, 1.165) is 31.4 Å². The Labute approximate surface area is 119 Å². The molecule has 5 nitrogen and oxygen atoms in total. The van der Waals surface area contributed by atoms with Crippen molar-refractivity contribution in [1.82, 2.24) is 4.98 Å². The molecule has 2 rings (SSSR count). The van der Waals surface area contributed by atoms with E-state index >= 15 is 0 Å². The molecule has 0 saturated heterocycles. The number of nitrogens with zero attached hydrogens (tertiary/aromatic N) is 1. The van der Waals surface area contributed by atoms with Crippen molar-refractivity contribution < 1.29 is 14.3 Å². The molecule has 1 fully saturated rings. The predicted molar refractivity (Wildman–Crippen MR) is 76.8 cm³/mol. The van der Waals surface area contributed by atoms with Crippen molar-refractivity contribution >= 4 is 11.7 Å². The van der Waals surface area contributed by atoms with Crippen LogP contribution in [0.5, 0.6) is 5.88 Å². The monoisotopic (exact) mass is 278 g/mol. The van der Waals surface area contributed by atoms with Crippen LogP contribution in [0.2, 0.25) is 0 Å². The topological polar surface area (TPSA) is 60.5 Å². The Morgan fingerprint density at radius 3 is 2.95 bits per heavy atom. The van der Waals surface area contributed by atoms with Crippen molar-refractivity contribution in [2.45, 2.75) is 38.6 Å². The fourth-order valence-electron chi connectivity index (χ4n) is 2.62. The first-order valence-corrected chi connectivity index (χ1v) is 7.16. The zero-order chi connectivity index (χ0) is 14.4. The minimum atomic E-state index is -0.0631. The van der Waals surface area contributed by atoms with Crippen LogP contribution in [0.4, 0.5) is 5.69 Å². The van der Waals surface area contributed by atoms with E-state index in [0.29, 0.717) is 18.5 Å². The molecular weight excluding hydrogens is 256 g/mol. The van der Waals surface area contributed by atoms with Gasteiger partial charge in [-0.2, -0.15) is 0 Å². The second kappa shape index (κ2) is 7.12. The summed E-state index contributed by atoms with van der Waals surface area (Å²) < 4.78 is 10.1. The van der Waals surface area contributed by atoms with Crippen LogP contribution >= 0.6 is 0 Å². The highest BCUT2D eigenvalue weighted by Crippen LogP contribution is 2.27. The number of carbonyl (C=O) groups is 1. The highest BCUT2D eigenvalue weighted by molar-refractivity contribution is 5.72. The van der Waals surface area contributed by atoms with Crippen molar-refractivity contribution in [1.29, 1.82) is 0 Å². The number of esters is 1. The van der Waals surface area contributed by atoms with Crippen LogP contribution in [0.3, 0.4) is 0 Å². The number of carbonyl (C=O) groups excluding carboxylic acids is 1. The molecule has 2 atom stereocenters. The first-order valence-electron chi connectivity index (χ1n) is 7.16. The molecule has 1 N–H and O–H groups in total. The normalized spacial score (nSPS) is 22.1. The van der Waals surface area contributed by atoms with Gasteiger partial charge in [0.05, 0.1) is 31.5 Å². The molecule has 1 aliphatic carbocycles. The third-order valence-electron chi connectivity index (χ3n) is 3.61. The lowest BCUT2D eigenvalue weighted by Gasteiger charge is -2.29. The zero-order valence-electron chi connectivity index (χ0n) is 12.1. The molecule has 1 aromatic rings. The summed E-state index contributed by atoms with van der Waals surface area (Å²) in [4.78, 5) is 16.0. The first kappa shape index (κ1) is 14.6. The number of anilines is 1. The van der Waals surface area contributed by atoms with Gasteiger partial charge in [-0.25, -0.2) is 4.98 Å². The largest absolute Gasteiger partial charge is 0.481 e. The van der Waals surface area contributed by atoms with E-state index in [9.17, 15) is 4.79 Å². The highest BCUT2D eigenvalue weighted by atomic mass is 16.5. The molecule has 1 aromatic heterocycles. The molecule has 1 heterocycles. The lowest BCUT2D eigenvalue weighted by Crippen LogP contribution is -2.32. The molecule has 110 valence electrons. The lowest BCUT2D eigenvalue weighted by molar-refractivity contribution is -0.149. The third kappa shape index (κ3) is 3.85. The minimum Gasteiger partial charge on any atom is -0.481 e. The van der Waals surface area contributed by atoms with E-state index < -0.39 is 0 Å². The Hall–Kier alpha value is -1.78. The SMILES string of the molecule is CCOC(=O)C1CCCC(Nc2ccc(OC)nc2)C1. The number of nitrogens with one attached hydrogen (secondary N) is 1. The van der Waals surface area contributed by atoms with Crippen molar-refractivity contribution in [3.8, 4) is 5.88 Å². The van der Waals surface area contributed by atoms with E-state index in [2.05, 4.69) is 10.3 Å². The molecule has 0 spiro atoms. The molecule has 0 aliphatic heterocycles. The number of rotatable bonds is 5. The molecule has 0 amide bonds. The zero-order valence-corrected chi connectivity index (χ0v) is 12.1. The van der Waals surface area contributed by atoms with Crippen LogP contribution in [-0.4, -0.2) is 30.7 Å². The van der Waals surface area contributed by atoms with Gasteiger partial charge in [0.2, 0.25) is 5.88 Å². The summed E-state index contributed by atoms with van der Waals surface area (Å²) in [7, 11) is 1.60. The molecule has 1 saturated carbocycles. The number of hydrogen-bond acceptors (Lipinski definition) is 5. The maximum atomic E-state index is 11.8. The maximum absolute atomic E-state index is 11.8. The van der Waals surface area contributed by atoms with E-state index in [4.69, 9.17) is 9.47 Å². The summed E-state index contributed by atoms with van der Waals surface area (Å²) >= 11 is 0. The highest BCUT2D eigenvalue weighted by Gasteiger charge is 2.28. The average Bonchev–Trinajstić information content (AvgIpc) is 2.48. The smallest absolute Gasteiger partial charge is 0.308 e. The number of aromatic nitrogens is 1. The van der Waals surface area contributed by atoms with Gasteiger partial charge in [-0.15, -0.1) is 0 Å². The van der Waals surface area contributed by atoms with Gasteiger partial charge < -0.3 is 14.8 Å². The maximum Gasteiger partial charge on any atom is 0.308 e. The number of methoxy groups -OCH3 is 1. The molecule has 0 aromatic carbocycles. The summed E-state index contributed by atoms with van der Waals surface area (Å²) in [5.41, 5.74) is 0.959. The summed E-state index contributed by atoms with van der Waals surface area (Å²) in [6.07, 6.45) is 5.63. The van der Waals surface area contributed by atoms with E-state index in [1.165, 1.54) is 0 Å². The van der Waals surface area contributed by atoms with Crippen molar-refractivity contribution in [3.05, 3.63) is 18.3 Å². The number of hydrogen-bond donors (Lipinski definition) is 1. The van der Waals surface area contributed by atoms with E-state index in [-0.39, 0.29) is 11.9 Å². The summed E-state index contributed by atoms with van der Waals surface area (Å²) in [6, 6.07) is 4.07. The van der Waals surface area contributed by atoms with Crippen LogP contribution in [0.25, 0.3) is 0 Å². The second-order valence-electron chi connectivity index (χ2n) is 5.05. The van der Waals surface area contributed by atoms with Crippen LogP contribution in [-0.2, 0) is 9.53 Å². The molecule has 2 unspecified atom stereocenters. The van der Waals surface area contributed by atoms with Crippen LogP contribution in [0, 0.1) is 5.92 Å². The van der Waals surface area contributed by atoms with Gasteiger partial charge in [0.15, 0.2) is 0 Å². The Kier molecular flexibility index (Phi) is 5.21. The molecule has 5 heteroatoms. The van der Waals surface area contributed by atoms with Crippen LogP contribution < -0.4 is 10.1 Å². The molecule has 0 bridgehead atoms. The number of ether oxygens (including phenoxy) is 2. The van der Waals surface area contributed by atoms with E-state index in [1.807, 2.05) is 19.1 Å². The first-order chi connectivity index (χ1) is 9.72. The third-order valence-corrected chi connectivity index (χ3v) is 3.61. The second-order valence-corrected chi connectivity index (χ2v) is 5.05. The van der Waals surface area contributed by atoms with Crippen molar-refractivity contribution in [3.63, 3.8) is 0 Å². The molecule has 20 heavy (non-hydrogen) atoms. The standard InChI is InChI=1S/C15H22N2O3/c1-3-20-15(18)11-5-4-6-12(9-11)17-13-7-8-14(19-2)16-10-13/h7-8,10-12,17H,3-6,9H2,1-2H3. The Balaban J connectivity index is 1.90. The molecule has 0 radical (unpaired) electrons. The number of pyridine rings is 1. The van der Waals surface area contributed by atoms with Gasteiger partial charge in [-0.3, -0.25) is 4.79 Å². The van der Waals surface area contributed by atoms with Crippen LogP contribution in [0.1, 0.15) is 32.6 Å². The quantitative estimate of drug-likeness (QED) is 0.839. The van der Waals surface area contributed by atoms with Gasteiger partial charge in [0.25, 0.3) is 0 Å². The fraction of sp³-hybridized carbons (Fsp3) is 0.600. The summed E-state index contributed by atoms with van der Waals surface area (Å²) in [5.74, 6) is 0.558. The van der Waals surface area contributed by atoms with Crippen LogP contribution in [0.15, 0.2) is 18.3 Å². The van der Waals surface area contributed by atoms with Gasteiger partial charge in [-0.1, -0.05) is 6.42 Å². The lowest BCUT2D eigenvalue weighted by atomic mass is 9.85. The fourth-order valence-corrected chi connectivity index (χ4v) is 2.62. The summed E-state index contributed by atoms with van der Waals surface area (Å²) in [6.45, 7) is 2.30. The predicted octanol–water partition coefficient (Wildman–Crippen LogP) is 2.62. The van der Waals surface area contributed by atoms with Gasteiger partial charge >= 0.3 is 5.97 Å². The summed E-state index contributed by atoms with van der Waals surface area (Å²) in [5, 5.41) is 3.43. The Morgan fingerprint density at radius 2 is 2.30 bits per heavy atom. The van der Waals surface area contributed by atoms with Gasteiger partial charge in [-0.05, 0) is 32.3 Å². The van der Waals surface area contributed by atoms with Gasteiger partial charge in [0, 0.05) is 12.1 Å². The molecular formula is C15H22N2O3. The van der Waals surface area contributed by atoms with Crippen molar-refractivity contribution in [2.75, 3.05) is 19.0 Å². The van der Waals surface area contributed by atoms with Crippen molar-refractivity contribution in [2.24, 2.45) is 5.92 Å².